The van der Waals surface area contributed by atoms with Gasteiger partial charge in [0.1, 0.15) is 5.75 Å². The Morgan fingerprint density at radius 1 is 0.957 bits per heavy atom. The van der Waals surface area contributed by atoms with E-state index in [0.717, 1.165) is 30.1 Å². The highest BCUT2D eigenvalue weighted by molar-refractivity contribution is 6.32. The van der Waals surface area contributed by atoms with Crippen LogP contribution in [0.4, 0.5) is 5.69 Å². The standard InChI is InChI=1S/C19H23ClN2O/c20-17-10-11-18(22-12-6-1-2-7-13-22)16(14-21)19(17)23-15-8-4-3-5-9-15/h3-5,8-11H,1-2,6-7,12-14,21H2. The Kier molecular flexibility index (Phi) is 5.42. The van der Waals surface area contributed by atoms with E-state index in [2.05, 4.69) is 11.0 Å². The lowest BCUT2D eigenvalue weighted by atomic mass is 10.1. The van der Waals surface area contributed by atoms with Crippen LogP contribution in [0.25, 0.3) is 0 Å². The Morgan fingerprint density at radius 3 is 2.30 bits per heavy atom. The average molecular weight is 331 g/mol. The zero-order valence-corrected chi connectivity index (χ0v) is 14.1. The maximum atomic E-state index is 6.40. The van der Waals surface area contributed by atoms with Gasteiger partial charge in [-0.1, -0.05) is 42.6 Å². The van der Waals surface area contributed by atoms with Crippen LogP contribution in [0.3, 0.4) is 0 Å². The van der Waals surface area contributed by atoms with Gasteiger partial charge in [0.15, 0.2) is 5.75 Å². The van der Waals surface area contributed by atoms with Crippen LogP contribution in [0.15, 0.2) is 42.5 Å². The molecular weight excluding hydrogens is 308 g/mol. The molecular formula is C19H23ClN2O. The number of rotatable bonds is 4. The summed E-state index contributed by atoms with van der Waals surface area (Å²) in [5.74, 6) is 1.46. The van der Waals surface area contributed by atoms with Gasteiger partial charge in [-0.15, -0.1) is 0 Å². The predicted molar refractivity (Wildman–Crippen MR) is 96.5 cm³/mol. The Balaban J connectivity index is 1.96. The highest BCUT2D eigenvalue weighted by Gasteiger charge is 2.19. The van der Waals surface area contributed by atoms with Crippen LogP contribution in [0, 0.1) is 0 Å². The fourth-order valence-electron chi connectivity index (χ4n) is 3.11. The summed E-state index contributed by atoms with van der Waals surface area (Å²) in [4.78, 5) is 2.42. The van der Waals surface area contributed by atoms with E-state index in [0.29, 0.717) is 17.3 Å². The maximum absolute atomic E-state index is 6.40. The topological polar surface area (TPSA) is 38.5 Å². The van der Waals surface area contributed by atoms with E-state index in [1.807, 2.05) is 36.4 Å². The molecule has 0 unspecified atom stereocenters. The molecule has 4 heteroatoms. The van der Waals surface area contributed by atoms with Crippen LogP contribution < -0.4 is 15.4 Å². The molecule has 2 aromatic carbocycles. The molecule has 0 aliphatic carbocycles. The Bertz CT molecular complexity index is 637. The molecule has 3 nitrogen and oxygen atoms in total. The summed E-state index contributed by atoms with van der Waals surface area (Å²) in [6.45, 7) is 2.55. The Labute approximate surface area is 143 Å². The molecule has 122 valence electrons. The summed E-state index contributed by atoms with van der Waals surface area (Å²) >= 11 is 6.40. The second-order valence-electron chi connectivity index (χ2n) is 5.89. The molecule has 0 atom stereocenters. The minimum absolute atomic E-state index is 0.411. The van der Waals surface area contributed by atoms with Crippen molar-refractivity contribution in [3.8, 4) is 11.5 Å². The highest BCUT2D eigenvalue weighted by Crippen LogP contribution is 2.39. The van der Waals surface area contributed by atoms with Crippen molar-refractivity contribution in [2.75, 3.05) is 18.0 Å². The smallest absolute Gasteiger partial charge is 0.152 e. The Morgan fingerprint density at radius 2 is 1.65 bits per heavy atom. The molecule has 1 fully saturated rings. The van der Waals surface area contributed by atoms with Crippen LogP contribution in [0.1, 0.15) is 31.2 Å². The molecule has 0 aromatic heterocycles. The third kappa shape index (κ3) is 3.80. The number of benzene rings is 2. The van der Waals surface area contributed by atoms with Crippen molar-refractivity contribution in [3.05, 3.63) is 53.1 Å². The van der Waals surface area contributed by atoms with Gasteiger partial charge in [-0.25, -0.2) is 0 Å². The molecule has 1 saturated heterocycles. The number of hydrogen-bond acceptors (Lipinski definition) is 3. The minimum Gasteiger partial charge on any atom is -0.455 e. The van der Waals surface area contributed by atoms with Gasteiger partial charge in [-0.05, 0) is 37.1 Å². The molecule has 0 spiro atoms. The van der Waals surface area contributed by atoms with Gasteiger partial charge in [0.05, 0.1) is 5.02 Å². The zero-order valence-electron chi connectivity index (χ0n) is 13.3. The molecule has 0 saturated carbocycles. The number of hydrogen-bond donors (Lipinski definition) is 1. The SMILES string of the molecule is NCc1c(N2CCCCCC2)ccc(Cl)c1Oc1ccccc1. The van der Waals surface area contributed by atoms with Crippen molar-refractivity contribution >= 4 is 17.3 Å². The third-order valence-electron chi connectivity index (χ3n) is 4.30. The fourth-order valence-corrected chi connectivity index (χ4v) is 3.33. The minimum atomic E-state index is 0.411. The van der Waals surface area contributed by atoms with Gasteiger partial charge >= 0.3 is 0 Å². The lowest BCUT2D eigenvalue weighted by Gasteiger charge is -2.27. The molecule has 0 radical (unpaired) electrons. The van der Waals surface area contributed by atoms with Gasteiger partial charge < -0.3 is 15.4 Å². The summed E-state index contributed by atoms with van der Waals surface area (Å²) in [6.07, 6.45) is 5.05. The van der Waals surface area contributed by atoms with E-state index in [1.54, 1.807) is 0 Å². The van der Waals surface area contributed by atoms with E-state index in [4.69, 9.17) is 22.1 Å². The first-order valence-corrected chi connectivity index (χ1v) is 8.66. The zero-order chi connectivity index (χ0) is 16.1. The van der Waals surface area contributed by atoms with E-state index in [1.165, 1.54) is 25.7 Å². The van der Waals surface area contributed by atoms with Gasteiger partial charge in [-0.3, -0.25) is 0 Å². The molecule has 23 heavy (non-hydrogen) atoms. The molecule has 0 bridgehead atoms. The quantitative estimate of drug-likeness (QED) is 0.860. The average Bonchev–Trinajstić information content (AvgIpc) is 2.86. The van der Waals surface area contributed by atoms with Crippen LogP contribution in [-0.2, 0) is 6.54 Å². The van der Waals surface area contributed by atoms with E-state index in [-0.39, 0.29) is 0 Å². The third-order valence-corrected chi connectivity index (χ3v) is 4.60. The second kappa shape index (κ2) is 7.71. The highest BCUT2D eigenvalue weighted by atomic mass is 35.5. The first-order chi connectivity index (χ1) is 11.3. The van der Waals surface area contributed by atoms with Crippen LogP contribution in [-0.4, -0.2) is 13.1 Å². The number of nitrogens with zero attached hydrogens (tertiary/aromatic N) is 1. The van der Waals surface area contributed by atoms with Gasteiger partial charge in [0, 0.05) is 30.9 Å². The van der Waals surface area contributed by atoms with Crippen LogP contribution in [0.5, 0.6) is 11.5 Å². The first-order valence-electron chi connectivity index (χ1n) is 8.29. The van der Waals surface area contributed by atoms with E-state index >= 15 is 0 Å². The molecule has 2 N–H and O–H groups in total. The number of anilines is 1. The largest absolute Gasteiger partial charge is 0.455 e. The summed E-state index contributed by atoms with van der Waals surface area (Å²) < 4.78 is 6.06. The van der Waals surface area contributed by atoms with Crippen molar-refractivity contribution in [1.82, 2.24) is 0 Å². The fraction of sp³-hybridized carbons (Fsp3) is 0.368. The number of ether oxygens (including phenoxy) is 1. The summed E-state index contributed by atoms with van der Waals surface area (Å²) in [5.41, 5.74) is 8.20. The van der Waals surface area contributed by atoms with Crippen LogP contribution >= 0.6 is 11.6 Å². The van der Waals surface area contributed by atoms with Crippen molar-refractivity contribution in [2.24, 2.45) is 5.73 Å². The summed E-state index contributed by atoms with van der Waals surface area (Å²) in [5, 5.41) is 0.605. The monoisotopic (exact) mass is 330 g/mol. The Hall–Kier alpha value is -1.71. The van der Waals surface area contributed by atoms with Crippen LogP contribution in [0.2, 0.25) is 5.02 Å². The van der Waals surface area contributed by atoms with Crippen molar-refractivity contribution in [3.63, 3.8) is 0 Å². The number of halogens is 1. The van der Waals surface area contributed by atoms with E-state index in [9.17, 15) is 0 Å². The second-order valence-corrected chi connectivity index (χ2v) is 6.30. The summed E-state index contributed by atoms with van der Waals surface area (Å²) in [7, 11) is 0. The van der Waals surface area contributed by atoms with Crippen molar-refractivity contribution < 1.29 is 4.74 Å². The predicted octanol–water partition coefficient (Wildman–Crippen LogP) is 4.97. The maximum Gasteiger partial charge on any atom is 0.152 e. The molecule has 1 aliphatic heterocycles. The molecule has 0 amide bonds. The molecule has 1 heterocycles. The summed E-state index contributed by atoms with van der Waals surface area (Å²) in [6, 6.07) is 13.7. The van der Waals surface area contributed by atoms with Crippen molar-refractivity contribution in [1.29, 1.82) is 0 Å². The van der Waals surface area contributed by atoms with Gasteiger partial charge in [0.2, 0.25) is 0 Å². The first kappa shape index (κ1) is 16.2. The number of nitrogens with two attached hydrogens (primary N) is 1. The molecule has 2 aromatic rings. The van der Waals surface area contributed by atoms with Gasteiger partial charge in [0.25, 0.3) is 0 Å². The number of para-hydroxylation sites is 1. The molecule has 3 rings (SSSR count). The van der Waals surface area contributed by atoms with Gasteiger partial charge in [-0.2, -0.15) is 0 Å². The molecule has 1 aliphatic rings. The van der Waals surface area contributed by atoms with E-state index < -0.39 is 0 Å². The lowest BCUT2D eigenvalue weighted by Crippen LogP contribution is -2.25. The van der Waals surface area contributed by atoms with Crippen molar-refractivity contribution in [2.45, 2.75) is 32.2 Å². The normalized spacial score (nSPS) is 15.3. The lowest BCUT2D eigenvalue weighted by molar-refractivity contribution is 0.476.